The van der Waals surface area contributed by atoms with Crippen molar-refractivity contribution in [2.75, 3.05) is 13.7 Å². The van der Waals surface area contributed by atoms with E-state index in [1.54, 1.807) is 7.11 Å². The number of benzene rings is 2. The highest BCUT2D eigenvalue weighted by Gasteiger charge is 1.96. The van der Waals surface area contributed by atoms with Crippen LogP contribution in [0.15, 0.2) is 48.5 Å². The van der Waals surface area contributed by atoms with Crippen LogP contribution in [0.5, 0.6) is 5.75 Å². The van der Waals surface area contributed by atoms with Crippen LogP contribution < -0.4 is 10.1 Å². The van der Waals surface area contributed by atoms with Gasteiger partial charge in [-0.15, -0.1) is 0 Å². The minimum atomic E-state index is 0.915. The van der Waals surface area contributed by atoms with E-state index in [2.05, 4.69) is 48.6 Å². The minimum absolute atomic E-state index is 0.915. The molecule has 0 spiro atoms. The van der Waals surface area contributed by atoms with E-state index in [0.717, 1.165) is 31.7 Å². The topological polar surface area (TPSA) is 21.3 Å². The van der Waals surface area contributed by atoms with Gasteiger partial charge in [-0.1, -0.05) is 43.3 Å². The van der Waals surface area contributed by atoms with E-state index in [4.69, 9.17) is 4.74 Å². The van der Waals surface area contributed by atoms with Gasteiger partial charge >= 0.3 is 0 Å². The summed E-state index contributed by atoms with van der Waals surface area (Å²) >= 11 is 0. The van der Waals surface area contributed by atoms with Gasteiger partial charge in [0.25, 0.3) is 0 Å². The van der Waals surface area contributed by atoms with Gasteiger partial charge in [-0.2, -0.15) is 0 Å². The lowest BCUT2D eigenvalue weighted by molar-refractivity contribution is 0.414. The van der Waals surface area contributed by atoms with Gasteiger partial charge in [0.05, 0.1) is 7.11 Å². The predicted octanol–water partition coefficient (Wildman–Crippen LogP) is 3.59. The maximum atomic E-state index is 5.16. The lowest BCUT2D eigenvalue weighted by Gasteiger charge is -2.07. The molecule has 0 saturated heterocycles. The molecule has 106 valence electrons. The van der Waals surface area contributed by atoms with Crippen molar-refractivity contribution in [2.45, 2.75) is 26.3 Å². The van der Waals surface area contributed by atoms with Gasteiger partial charge in [-0.25, -0.2) is 0 Å². The average molecular weight is 269 g/mol. The average Bonchev–Trinajstić information content (AvgIpc) is 2.53. The van der Waals surface area contributed by atoms with Gasteiger partial charge in [0.15, 0.2) is 0 Å². The summed E-state index contributed by atoms with van der Waals surface area (Å²) in [5.41, 5.74) is 4.07. The fourth-order valence-corrected chi connectivity index (χ4v) is 2.15. The first kappa shape index (κ1) is 14.6. The summed E-state index contributed by atoms with van der Waals surface area (Å²) in [5, 5.41) is 3.48. The van der Waals surface area contributed by atoms with Crippen molar-refractivity contribution in [3.05, 3.63) is 65.2 Å². The second kappa shape index (κ2) is 7.71. The second-order valence-electron chi connectivity index (χ2n) is 4.94. The molecule has 0 aromatic heterocycles. The third-order valence-corrected chi connectivity index (χ3v) is 3.51. The van der Waals surface area contributed by atoms with Crippen molar-refractivity contribution in [3.8, 4) is 5.75 Å². The van der Waals surface area contributed by atoms with Crippen LogP contribution in [0.3, 0.4) is 0 Å². The Labute approximate surface area is 121 Å². The molecule has 0 unspecified atom stereocenters. The van der Waals surface area contributed by atoms with Crippen LogP contribution in [0.4, 0.5) is 0 Å². The predicted molar refractivity (Wildman–Crippen MR) is 84.2 cm³/mol. The Bertz CT molecular complexity index is 452. The Hall–Kier alpha value is -1.80. The van der Waals surface area contributed by atoms with E-state index in [0.29, 0.717) is 0 Å². The Kier molecular flexibility index (Phi) is 5.63. The minimum Gasteiger partial charge on any atom is -0.497 e. The van der Waals surface area contributed by atoms with Gasteiger partial charge in [0.2, 0.25) is 0 Å². The molecule has 0 atom stereocenters. The molecule has 0 radical (unpaired) electrons. The normalized spacial score (nSPS) is 10.5. The summed E-state index contributed by atoms with van der Waals surface area (Å²) in [6, 6.07) is 17.1. The van der Waals surface area contributed by atoms with E-state index in [1.807, 2.05) is 12.1 Å². The fourth-order valence-electron chi connectivity index (χ4n) is 2.15. The smallest absolute Gasteiger partial charge is 0.118 e. The zero-order valence-electron chi connectivity index (χ0n) is 12.4. The van der Waals surface area contributed by atoms with Crippen molar-refractivity contribution < 1.29 is 4.74 Å². The van der Waals surface area contributed by atoms with Gasteiger partial charge in [-0.3, -0.25) is 0 Å². The summed E-state index contributed by atoms with van der Waals surface area (Å²) in [4.78, 5) is 0. The lowest BCUT2D eigenvalue weighted by atomic mass is 10.1. The number of hydrogen-bond acceptors (Lipinski definition) is 2. The number of nitrogens with one attached hydrogen (secondary N) is 1. The van der Waals surface area contributed by atoms with Crippen molar-refractivity contribution in [3.63, 3.8) is 0 Å². The molecule has 0 saturated carbocycles. The molecule has 2 heteroatoms. The quantitative estimate of drug-likeness (QED) is 0.776. The summed E-state index contributed by atoms with van der Waals surface area (Å²) in [6.45, 7) is 4.10. The number of aryl methyl sites for hydroxylation is 1. The highest BCUT2D eigenvalue weighted by Crippen LogP contribution is 2.11. The monoisotopic (exact) mass is 269 g/mol. The second-order valence-corrected chi connectivity index (χ2v) is 4.94. The number of ether oxygens (including phenoxy) is 1. The summed E-state index contributed by atoms with van der Waals surface area (Å²) in [5.74, 6) is 0.915. The van der Waals surface area contributed by atoms with E-state index < -0.39 is 0 Å². The number of rotatable bonds is 7. The highest BCUT2D eigenvalue weighted by atomic mass is 16.5. The van der Waals surface area contributed by atoms with Crippen LogP contribution in [0.1, 0.15) is 23.6 Å². The standard InChI is InChI=1S/C18H23NO/c1-3-15-4-6-17(7-5-15)14-19-13-12-16-8-10-18(20-2)11-9-16/h4-11,19H,3,12-14H2,1-2H3. The summed E-state index contributed by atoms with van der Waals surface area (Å²) < 4.78 is 5.16. The fraction of sp³-hybridized carbons (Fsp3) is 0.333. The van der Waals surface area contributed by atoms with Gasteiger partial charge in [0.1, 0.15) is 5.75 Å². The highest BCUT2D eigenvalue weighted by molar-refractivity contribution is 5.27. The van der Waals surface area contributed by atoms with Gasteiger partial charge in [0, 0.05) is 6.54 Å². The van der Waals surface area contributed by atoms with Crippen molar-refractivity contribution >= 4 is 0 Å². The largest absolute Gasteiger partial charge is 0.497 e. The molecule has 0 aliphatic rings. The molecule has 0 aliphatic heterocycles. The van der Waals surface area contributed by atoms with Crippen LogP contribution in [0.2, 0.25) is 0 Å². The van der Waals surface area contributed by atoms with Crippen LogP contribution in [-0.2, 0) is 19.4 Å². The first-order valence-electron chi connectivity index (χ1n) is 7.23. The molecule has 0 aliphatic carbocycles. The van der Waals surface area contributed by atoms with Crippen LogP contribution in [-0.4, -0.2) is 13.7 Å². The molecule has 0 fully saturated rings. The Morgan fingerprint density at radius 2 is 1.45 bits per heavy atom. The molecular weight excluding hydrogens is 246 g/mol. The first-order valence-corrected chi connectivity index (χ1v) is 7.23. The van der Waals surface area contributed by atoms with Gasteiger partial charge in [-0.05, 0) is 48.2 Å². The molecule has 2 aromatic rings. The van der Waals surface area contributed by atoms with Crippen molar-refractivity contribution in [1.82, 2.24) is 5.32 Å². The van der Waals surface area contributed by atoms with Crippen LogP contribution in [0.25, 0.3) is 0 Å². The molecular formula is C18H23NO. The zero-order chi connectivity index (χ0) is 14.2. The molecule has 1 N–H and O–H groups in total. The van der Waals surface area contributed by atoms with E-state index in [-0.39, 0.29) is 0 Å². The molecule has 0 amide bonds. The zero-order valence-corrected chi connectivity index (χ0v) is 12.4. The maximum Gasteiger partial charge on any atom is 0.118 e. The third kappa shape index (κ3) is 4.39. The molecule has 0 heterocycles. The first-order chi connectivity index (χ1) is 9.81. The molecule has 2 aromatic carbocycles. The molecule has 2 rings (SSSR count). The lowest BCUT2D eigenvalue weighted by Crippen LogP contribution is -2.16. The van der Waals surface area contributed by atoms with Crippen LogP contribution >= 0.6 is 0 Å². The summed E-state index contributed by atoms with van der Waals surface area (Å²) in [7, 11) is 1.69. The molecule has 20 heavy (non-hydrogen) atoms. The SMILES string of the molecule is CCc1ccc(CNCCc2ccc(OC)cc2)cc1. The number of hydrogen-bond donors (Lipinski definition) is 1. The van der Waals surface area contributed by atoms with E-state index >= 15 is 0 Å². The van der Waals surface area contributed by atoms with Crippen LogP contribution in [0, 0.1) is 0 Å². The third-order valence-electron chi connectivity index (χ3n) is 3.51. The Morgan fingerprint density at radius 1 is 0.850 bits per heavy atom. The Morgan fingerprint density at radius 3 is 2.05 bits per heavy atom. The van der Waals surface area contributed by atoms with E-state index in [1.165, 1.54) is 16.7 Å². The Balaban J connectivity index is 1.72. The molecule has 0 bridgehead atoms. The molecule has 2 nitrogen and oxygen atoms in total. The number of methoxy groups -OCH3 is 1. The van der Waals surface area contributed by atoms with Gasteiger partial charge < -0.3 is 10.1 Å². The maximum absolute atomic E-state index is 5.16. The van der Waals surface area contributed by atoms with E-state index in [9.17, 15) is 0 Å². The summed E-state index contributed by atoms with van der Waals surface area (Å²) in [6.07, 6.45) is 2.14. The van der Waals surface area contributed by atoms with Crippen molar-refractivity contribution in [1.29, 1.82) is 0 Å². The van der Waals surface area contributed by atoms with Crippen molar-refractivity contribution in [2.24, 2.45) is 0 Å².